The van der Waals surface area contributed by atoms with Crippen molar-refractivity contribution >= 4 is 17.4 Å². The first-order valence-corrected chi connectivity index (χ1v) is 9.99. The lowest BCUT2D eigenvalue weighted by Crippen LogP contribution is -2.50. The molecule has 3 aromatic rings. The third-order valence-electron chi connectivity index (χ3n) is 5.92. The quantitative estimate of drug-likeness (QED) is 0.686. The van der Waals surface area contributed by atoms with Crippen molar-refractivity contribution in [3.05, 3.63) is 53.6 Å². The molecule has 5 rings (SSSR count). The Kier molecular flexibility index (Phi) is 4.22. The minimum atomic E-state index is 0.0135. The van der Waals surface area contributed by atoms with E-state index < -0.39 is 0 Å². The molecular formula is C21H24N6O. The summed E-state index contributed by atoms with van der Waals surface area (Å²) < 4.78 is 1.84. The lowest BCUT2D eigenvalue weighted by molar-refractivity contribution is -0.133. The molecule has 0 saturated carbocycles. The third-order valence-corrected chi connectivity index (χ3v) is 5.92. The van der Waals surface area contributed by atoms with Gasteiger partial charge in [-0.2, -0.15) is 4.52 Å². The van der Waals surface area contributed by atoms with Gasteiger partial charge in [0.15, 0.2) is 11.5 Å². The number of fused-ring (bicyclic) bond motifs is 2. The zero-order chi connectivity index (χ0) is 19.1. The second kappa shape index (κ2) is 6.89. The summed E-state index contributed by atoms with van der Waals surface area (Å²) in [6.07, 6.45) is 6.69. The molecule has 1 aromatic carbocycles. The molecule has 28 heavy (non-hydrogen) atoms. The molecule has 3 heterocycles. The maximum absolute atomic E-state index is 13.2. The van der Waals surface area contributed by atoms with Crippen molar-refractivity contribution in [2.24, 2.45) is 0 Å². The van der Waals surface area contributed by atoms with Crippen molar-refractivity contribution in [3.8, 4) is 0 Å². The Morgan fingerprint density at radius 2 is 1.93 bits per heavy atom. The number of aromatic nitrogens is 4. The summed E-state index contributed by atoms with van der Waals surface area (Å²) in [5.74, 6) is 1.96. The van der Waals surface area contributed by atoms with E-state index in [-0.39, 0.29) is 11.8 Å². The molecule has 144 valence electrons. The third kappa shape index (κ3) is 2.91. The monoisotopic (exact) mass is 376 g/mol. The normalized spacial score (nSPS) is 19.7. The summed E-state index contributed by atoms with van der Waals surface area (Å²) in [4.78, 5) is 26.2. The van der Waals surface area contributed by atoms with E-state index >= 15 is 0 Å². The molecule has 7 heteroatoms. The number of rotatable bonds is 2. The van der Waals surface area contributed by atoms with Gasteiger partial charge in [-0.3, -0.25) is 9.78 Å². The standard InChI is InChI=1S/C21H24N6O/c1-15-23-19-13-22-14-20(27(19)24-15)25-9-11-26(12-10-25)21(28)18-8-4-6-16-5-2-3-7-17(16)18/h2-3,5,7,13-14,18H,4,6,8-12H2,1H3. The fourth-order valence-corrected chi connectivity index (χ4v) is 4.51. The predicted octanol–water partition coefficient (Wildman–Crippen LogP) is 2.20. The topological polar surface area (TPSA) is 66.6 Å². The lowest BCUT2D eigenvalue weighted by atomic mass is 9.82. The van der Waals surface area contributed by atoms with Gasteiger partial charge >= 0.3 is 0 Å². The fraction of sp³-hybridized carbons (Fsp3) is 0.429. The predicted molar refractivity (Wildman–Crippen MR) is 106 cm³/mol. The highest BCUT2D eigenvalue weighted by Crippen LogP contribution is 2.33. The summed E-state index contributed by atoms with van der Waals surface area (Å²) in [6, 6.07) is 8.42. The van der Waals surface area contributed by atoms with E-state index in [0.717, 1.165) is 62.7 Å². The molecule has 1 amide bonds. The maximum Gasteiger partial charge on any atom is 0.230 e. The van der Waals surface area contributed by atoms with E-state index in [2.05, 4.69) is 44.2 Å². The van der Waals surface area contributed by atoms with E-state index in [0.29, 0.717) is 0 Å². The van der Waals surface area contributed by atoms with Crippen LogP contribution in [-0.4, -0.2) is 56.6 Å². The SMILES string of the molecule is Cc1nc2cncc(N3CCN(C(=O)C4CCCc5ccccc54)CC3)n2n1. The highest BCUT2D eigenvalue weighted by Gasteiger charge is 2.32. The molecular weight excluding hydrogens is 352 g/mol. The zero-order valence-corrected chi connectivity index (χ0v) is 16.1. The first-order chi connectivity index (χ1) is 13.7. The molecule has 1 saturated heterocycles. The molecule has 1 aliphatic heterocycles. The second-order valence-corrected chi connectivity index (χ2v) is 7.65. The zero-order valence-electron chi connectivity index (χ0n) is 16.1. The van der Waals surface area contributed by atoms with E-state index in [9.17, 15) is 4.79 Å². The van der Waals surface area contributed by atoms with Crippen molar-refractivity contribution in [3.63, 3.8) is 0 Å². The van der Waals surface area contributed by atoms with Gasteiger partial charge in [0.2, 0.25) is 5.91 Å². The first kappa shape index (κ1) is 17.2. The minimum Gasteiger partial charge on any atom is -0.352 e. The second-order valence-electron chi connectivity index (χ2n) is 7.65. The number of amides is 1. The van der Waals surface area contributed by atoms with Gasteiger partial charge in [-0.15, -0.1) is 5.10 Å². The molecule has 0 N–H and O–H groups in total. The number of nitrogens with zero attached hydrogens (tertiary/aromatic N) is 6. The largest absolute Gasteiger partial charge is 0.352 e. The minimum absolute atomic E-state index is 0.0135. The highest BCUT2D eigenvalue weighted by molar-refractivity contribution is 5.84. The van der Waals surface area contributed by atoms with Crippen LogP contribution in [0.3, 0.4) is 0 Å². The summed E-state index contributed by atoms with van der Waals surface area (Å²) >= 11 is 0. The highest BCUT2D eigenvalue weighted by atomic mass is 16.2. The number of aryl methyl sites for hydroxylation is 2. The van der Waals surface area contributed by atoms with Gasteiger partial charge in [0.25, 0.3) is 0 Å². The Hall–Kier alpha value is -2.96. The Labute approximate surface area is 164 Å². The summed E-state index contributed by atoms with van der Waals surface area (Å²) in [6.45, 7) is 4.89. The van der Waals surface area contributed by atoms with Crippen LogP contribution in [0.5, 0.6) is 0 Å². The number of piperazine rings is 1. The van der Waals surface area contributed by atoms with Crippen LogP contribution >= 0.6 is 0 Å². The Morgan fingerprint density at radius 3 is 2.79 bits per heavy atom. The van der Waals surface area contributed by atoms with Crippen molar-refractivity contribution in [1.82, 2.24) is 24.5 Å². The van der Waals surface area contributed by atoms with Gasteiger partial charge in [0, 0.05) is 26.2 Å². The molecule has 7 nitrogen and oxygen atoms in total. The molecule has 0 spiro atoms. The Bertz CT molecular complexity index is 1020. The first-order valence-electron chi connectivity index (χ1n) is 9.99. The maximum atomic E-state index is 13.2. The molecule has 1 fully saturated rings. The number of carbonyl (C=O) groups is 1. The fourth-order valence-electron chi connectivity index (χ4n) is 4.51. The molecule has 2 aromatic heterocycles. The van der Waals surface area contributed by atoms with Crippen LogP contribution in [0.15, 0.2) is 36.7 Å². The van der Waals surface area contributed by atoms with E-state index in [1.807, 2.05) is 22.5 Å². The number of hydrogen-bond acceptors (Lipinski definition) is 5. The summed E-state index contributed by atoms with van der Waals surface area (Å²) in [5.41, 5.74) is 3.32. The van der Waals surface area contributed by atoms with Crippen LogP contribution < -0.4 is 4.90 Å². The molecule has 2 aliphatic rings. The van der Waals surface area contributed by atoms with E-state index in [4.69, 9.17) is 0 Å². The molecule has 1 unspecified atom stereocenters. The van der Waals surface area contributed by atoms with Crippen LogP contribution in [0.1, 0.15) is 35.7 Å². The summed E-state index contributed by atoms with van der Waals surface area (Å²) in [5, 5.41) is 4.48. The van der Waals surface area contributed by atoms with Crippen molar-refractivity contribution in [2.45, 2.75) is 32.1 Å². The Morgan fingerprint density at radius 1 is 1.11 bits per heavy atom. The van der Waals surface area contributed by atoms with Crippen LogP contribution in [-0.2, 0) is 11.2 Å². The molecule has 0 radical (unpaired) electrons. The van der Waals surface area contributed by atoms with Crippen LogP contribution in [0.2, 0.25) is 0 Å². The van der Waals surface area contributed by atoms with Gasteiger partial charge in [-0.05, 0) is 37.3 Å². The number of hydrogen-bond donors (Lipinski definition) is 0. The van der Waals surface area contributed by atoms with Crippen molar-refractivity contribution in [2.75, 3.05) is 31.1 Å². The van der Waals surface area contributed by atoms with Crippen LogP contribution in [0, 0.1) is 6.92 Å². The van der Waals surface area contributed by atoms with E-state index in [1.165, 1.54) is 11.1 Å². The van der Waals surface area contributed by atoms with Gasteiger partial charge in [-0.1, -0.05) is 24.3 Å². The number of anilines is 1. The van der Waals surface area contributed by atoms with Crippen LogP contribution in [0.25, 0.3) is 5.65 Å². The van der Waals surface area contributed by atoms with Crippen LogP contribution in [0.4, 0.5) is 5.82 Å². The van der Waals surface area contributed by atoms with Gasteiger partial charge in [0.1, 0.15) is 5.82 Å². The Balaban J connectivity index is 1.32. The van der Waals surface area contributed by atoms with Crippen molar-refractivity contribution in [1.29, 1.82) is 0 Å². The average Bonchev–Trinajstić information content (AvgIpc) is 3.13. The van der Waals surface area contributed by atoms with Gasteiger partial charge < -0.3 is 9.80 Å². The summed E-state index contributed by atoms with van der Waals surface area (Å²) in [7, 11) is 0. The number of carbonyl (C=O) groups excluding carboxylic acids is 1. The smallest absolute Gasteiger partial charge is 0.230 e. The van der Waals surface area contributed by atoms with Gasteiger partial charge in [0.05, 0.1) is 18.3 Å². The van der Waals surface area contributed by atoms with Crippen molar-refractivity contribution < 1.29 is 4.79 Å². The molecule has 1 aliphatic carbocycles. The number of benzene rings is 1. The van der Waals surface area contributed by atoms with Gasteiger partial charge in [-0.25, -0.2) is 4.98 Å². The average molecular weight is 376 g/mol. The van der Waals surface area contributed by atoms with E-state index in [1.54, 1.807) is 6.20 Å². The molecule has 0 bridgehead atoms. The lowest BCUT2D eigenvalue weighted by Gasteiger charge is -2.38. The molecule has 1 atom stereocenters.